The van der Waals surface area contributed by atoms with Gasteiger partial charge in [-0.3, -0.25) is 0 Å². The fourth-order valence-electron chi connectivity index (χ4n) is 4.78. The maximum absolute atomic E-state index is 14.9. The second kappa shape index (κ2) is 9.73. The number of hydrogen-bond acceptors (Lipinski definition) is 7. The van der Waals surface area contributed by atoms with Crippen molar-refractivity contribution in [3.8, 4) is 17.0 Å². The number of hydrogen-bond donors (Lipinski definition) is 1. The largest absolute Gasteiger partial charge is 0.486 e. The lowest BCUT2D eigenvalue weighted by Crippen LogP contribution is -2.38. The van der Waals surface area contributed by atoms with E-state index in [1.807, 2.05) is 31.0 Å². The van der Waals surface area contributed by atoms with E-state index in [0.717, 1.165) is 32.1 Å². The second-order valence-electron chi connectivity index (χ2n) is 9.51. The van der Waals surface area contributed by atoms with Crippen molar-refractivity contribution in [2.75, 3.05) is 43.5 Å². The summed E-state index contributed by atoms with van der Waals surface area (Å²) >= 11 is 0. The summed E-state index contributed by atoms with van der Waals surface area (Å²) in [6, 6.07) is 7.07. The van der Waals surface area contributed by atoms with Crippen molar-refractivity contribution in [2.45, 2.75) is 38.6 Å². The number of aromatic nitrogens is 3. The third kappa shape index (κ3) is 4.91. The SMILES string of the molecule is CC(C)N1CCOc2c(F)cc(-c3nc(Nc4ccc(C5CCN(C)CC5)cn4)ncc3F)cc21. The molecule has 184 valence electrons. The zero-order valence-corrected chi connectivity index (χ0v) is 20.3. The molecule has 0 amide bonds. The predicted molar refractivity (Wildman–Crippen MR) is 132 cm³/mol. The number of pyridine rings is 1. The van der Waals surface area contributed by atoms with Gasteiger partial charge in [-0.15, -0.1) is 0 Å². The van der Waals surface area contributed by atoms with E-state index >= 15 is 0 Å². The molecule has 2 aliphatic rings. The molecule has 5 rings (SSSR count). The van der Waals surface area contributed by atoms with Gasteiger partial charge in [0.1, 0.15) is 18.1 Å². The first-order valence-corrected chi connectivity index (χ1v) is 12.1. The Bertz CT molecular complexity index is 1200. The van der Waals surface area contributed by atoms with Crippen molar-refractivity contribution in [3.05, 3.63) is 53.9 Å². The van der Waals surface area contributed by atoms with E-state index in [2.05, 4.69) is 38.3 Å². The number of fused-ring (bicyclic) bond motifs is 1. The maximum Gasteiger partial charge on any atom is 0.229 e. The molecule has 1 saturated heterocycles. The van der Waals surface area contributed by atoms with Gasteiger partial charge in [-0.05, 0) is 76.5 Å². The van der Waals surface area contributed by atoms with E-state index in [9.17, 15) is 8.78 Å². The molecule has 4 heterocycles. The summed E-state index contributed by atoms with van der Waals surface area (Å²) in [7, 11) is 2.14. The van der Waals surface area contributed by atoms with Gasteiger partial charge in [-0.25, -0.2) is 23.7 Å². The molecular weight excluding hydrogens is 450 g/mol. The molecule has 3 aromatic rings. The number of likely N-dealkylation sites (tertiary alicyclic amines) is 1. The van der Waals surface area contributed by atoms with E-state index in [4.69, 9.17) is 4.74 Å². The predicted octanol–water partition coefficient (Wildman–Crippen LogP) is 4.98. The first-order valence-electron chi connectivity index (χ1n) is 12.1. The number of piperidine rings is 1. The van der Waals surface area contributed by atoms with Crippen LogP contribution in [0.15, 0.2) is 36.7 Å². The monoisotopic (exact) mass is 480 g/mol. The van der Waals surface area contributed by atoms with Crippen LogP contribution in [-0.2, 0) is 0 Å². The highest BCUT2D eigenvalue weighted by molar-refractivity contribution is 5.73. The zero-order valence-electron chi connectivity index (χ0n) is 20.3. The lowest BCUT2D eigenvalue weighted by Gasteiger charge is -2.34. The minimum absolute atomic E-state index is 0.0152. The van der Waals surface area contributed by atoms with Crippen LogP contribution >= 0.6 is 0 Å². The fourth-order valence-corrected chi connectivity index (χ4v) is 4.78. The molecule has 7 nitrogen and oxygen atoms in total. The number of nitrogens with one attached hydrogen (secondary N) is 1. The van der Waals surface area contributed by atoms with Crippen LogP contribution in [-0.4, -0.2) is 59.2 Å². The highest BCUT2D eigenvalue weighted by Crippen LogP contribution is 2.39. The van der Waals surface area contributed by atoms with Crippen molar-refractivity contribution < 1.29 is 13.5 Å². The summed E-state index contributed by atoms with van der Waals surface area (Å²) < 4.78 is 35.2. The third-order valence-electron chi connectivity index (χ3n) is 6.77. The molecule has 0 radical (unpaired) electrons. The molecule has 2 aliphatic heterocycles. The van der Waals surface area contributed by atoms with E-state index < -0.39 is 11.6 Å². The van der Waals surface area contributed by atoms with E-state index in [1.54, 1.807) is 6.07 Å². The van der Waals surface area contributed by atoms with Gasteiger partial charge in [-0.1, -0.05) is 6.07 Å². The van der Waals surface area contributed by atoms with E-state index in [0.29, 0.717) is 36.1 Å². The Labute approximate surface area is 204 Å². The van der Waals surface area contributed by atoms with Crippen LogP contribution in [0.25, 0.3) is 11.3 Å². The van der Waals surface area contributed by atoms with Crippen molar-refractivity contribution in [1.82, 2.24) is 19.9 Å². The molecule has 0 atom stereocenters. The second-order valence-corrected chi connectivity index (χ2v) is 9.51. The van der Waals surface area contributed by atoms with Gasteiger partial charge in [0.25, 0.3) is 0 Å². The molecule has 1 fully saturated rings. The summed E-state index contributed by atoms with van der Waals surface area (Å²) in [6.07, 6.45) is 5.20. The number of nitrogens with zero attached hydrogens (tertiary/aromatic N) is 5. The topological polar surface area (TPSA) is 66.4 Å². The van der Waals surface area contributed by atoms with Gasteiger partial charge in [0.15, 0.2) is 17.4 Å². The first kappa shape index (κ1) is 23.4. The minimum Gasteiger partial charge on any atom is -0.486 e. The highest BCUT2D eigenvalue weighted by Gasteiger charge is 2.26. The molecule has 0 saturated carbocycles. The molecule has 1 aromatic carbocycles. The highest BCUT2D eigenvalue weighted by atomic mass is 19.1. The Kier molecular flexibility index (Phi) is 6.51. The molecule has 1 N–H and O–H groups in total. The van der Waals surface area contributed by atoms with Gasteiger partial charge in [-0.2, -0.15) is 0 Å². The average molecular weight is 481 g/mol. The van der Waals surface area contributed by atoms with Crippen LogP contribution in [0.1, 0.15) is 38.2 Å². The van der Waals surface area contributed by atoms with E-state index in [1.165, 1.54) is 11.6 Å². The maximum atomic E-state index is 14.9. The minimum atomic E-state index is -0.631. The standard InChI is InChI=1S/C26H30F2N6O/c1-16(2)34-10-11-35-25-20(27)12-19(13-22(25)34)24-21(28)15-30-26(32-24)31-23-5-4-18(14-29-23)17-6-8-33(3)9-7-17/h4-5,12-17H,6-11H2,1-3H3,(H,29,30,31,32). The van der Waals surface area contributed by atoms with Crippen LogP contribution in [0.4, 0.5) is 26.2 Å². The van der Waals surface area contributed by atoms with Crippen molar-refractivity contribution >= 4 is 17.5 Å². The van der Waals surface area contributed by atoms with Crippen LogP contribution < -0.4 is 15.0 Å². The Hall–Kier alpha value is -3.33. The Morgan fingerprint density at radius 3 is 2.54 bits per heavy atom. The van der Waals surface area contributed by atoms with Crippen LogP contribution in [0.2, 0.25) is 0 Å². The van der Waals surface area contributed by atoms with Gasteiger partial charge >= 0.3 is 0 Å². The van der Waals surface area contributed by atoms with Gasteiger partial charge in [0.05, 0.1) is 18.4 Å². The van der Waals surface area contributed by atoms with Crippen LogP contribution in [0.5, 0.6) is 5.75 Å². The summed E-state index contributed by atoms with van der Waals surface area (Å²) in [5.41, 5.74) is 2.15. The summed E-state index contributed by atoms with van der Waals surface area (Å²) in [6.45, 7) is 7.26. The number of anilines is 3. The molecular formula is C26H30F2N6O. The first-order chi connectivity index (χ1) is 16.9. The van der Waals surface area contributed by atoms with Crippen LogP contribution in [0, 0.1) is 11.6 Å². The Balaban J connectivity index is 1.39. The fraction of sp³-hybridized carbons (Fsp3) is 0.423. The van der Waals surface area contributed by atoms with Crippen molar-refractivity contribution in [3.63, 3.8) is 0 Å². The van der Waals surface area contributed by atoms with E-state index in [-0.39, 0.29) is 23.4 Å². The number of rotatable bonds is 5. The molecule has 35 heavy (non-hydrogen) atoms. The number of ether oxygens (including phenoxy) is 1. The molecule has 9 heteroatoms. The van der Waals surface area contributed by atoms with Crippen LogP contribution in [0.3, 0.4) is 0 Å². The van der Waals surface area contributed by atoms with Gasteiger partial charge in [0.2, 0.25) is 5.95 Å². The quantitative estimate of drug-likeness (QED) is 0.553. The molecule has 0 spiro atoms. The lowest BCUT2D eigenvalue weighted by atomic mass is 9.91. The Morgan fingerprint density at radius 1 is 1.03 bits per heavy atom. The summed E-state index contributed by atoms with van der Waals surface area (Å²) in [5, 5.41) is 3.05. The molecule has 0 bridgehead atoms. The normalized spacial score (nSPS) is 16.8. The lowest BCUT2D eigenvalue weighted by molar-refractivity contribution is 0.255. The zero-order chi connectivity index (χ0) is 24.5. The Morgan fingerprint density at radius 2 is 1.83 bits per heavy atom. The number of halogens is 2. The average Bonchev–Trinajstić information content (AvgIpc) is 2.86. The molecule has 2 aromatic heterocycles. The third-order valence-corrected chi connectivity index (χ3v) is 6.77. The van der Waals surface area contributed by atoms with Gasteiger partial charge < -0.3 is 19.9 Å². The van der Waals surface area contributed by atoms with Gasteiger partial charge in [0, 0.05) is 17.8 Å². The van der Waals surface area contributed by atoms with Crippen molar-refractivity contribution in [1.29, 1.82) is 0 Å². The molecule has 0 aliphatic carbocycles. The smallest absolute Gasteiger partial charge is 0.229 e. The number of benzene rings is 1. The summed E-state index contributed by atoms with van der Waals surface area (Å²) in [5.74, 6) is 0.284. The molecule has 0 unspecified atom stereocenters. The summed E-state index contributed by atoms with van der Waals surface area (Å²) in [4.78, 5) is 17.3. The van der Waals surface area contributed by atoms with Crippen molar-refractivity contribution in [2.24, 2.45) is 0 Å².